The summed E-state index contributed by atoms with van der Waals surface area (Å²) in [5.41, 5.74) is 1.91. The van der Waals surface area contributed by atoms with Crippen molar-refractivity contribution in [3.63, 3.8) is 0 Å². The summed E-state index contributed by atoms with van der Waals surface area (Å²) in [6.07, 6.45) is 3.04. The molecule has 110 valence electrons. The summed E-state index contributed by atoms with van der Waals surface area (Å²) >= 11 is 0. The maximum absolute atomic E-state index is 12.0. The van der Waals surface area contributed by atoms with Crippen LogP contribution >= 0.6 is 0 Å². The maximum atomic E-state index is 12.0. The predicted molar refractivity (Wildman–Crippen MR) is 76.2 cm³/mol. The van der Waals surface area contributed by atoms with Gasteiger partial charge in [-0.2, -0.15) is 5.10 Å². The highest BCUT2D eigenvalue weighted by Gasteiger charge is 2.39. The van der Waals surface area contributed by atoms with Gasteiger partial charge in [0.15, 0.2) is 0 Å². The van der Waals surface area contributed by atoms with E-state index >= 15 is 0 Å². The summed E-state index contributed by atoms with van der Waals surface area (Å²) in [4.78, 5) is 23.8. The van der Waals surface area contributed by atoms with Gasteiger partial charge in [-0.05, 0) is 12.0 Å². The second kappa shape index (κ2) is 5.04. The van der Waals surface area contributed by atoms with Crippen LogP contribution in [0.25, 0.3) is 0 Å². The molecule has 0 bridgehead atoms. The fourth-order valence-electron chi connectivity index (χ4n) is 2.96. The molecule has 1 fully saturated rings. The van der Waals surface area contributed by atoms with E-state index in [0.717, 1.165) is 17.7 Å². The number of aryl methyl sites for hydroxylation is 1. The Kier molecular flexibility index (Phi) is 3.71. The van der Waals surface area contributed by atoms with E-state index in [-0.39, 0.29) is 29.1 Å². The van der Waals surface area contributed by atoms with Crippen molar-refractivity contribution in [1.29, 1.82) is 0 Å². The van der Waals surface area contributed by atoms with E-state index in [2.05, 4.69) is 31.2 Å². The Bertz CT molecular complexity index is 540. The first-order valence-corrected chi connectivity index (χ1v) is 7.11. The number of imide groups is 1. The van der Waals surface area contributed by atoms with E-state index in [1.165, 1.54) is 0 Å². The fourth-order valence-corrected chi connectivity index (χ4v) is 2.96. The topological polar surface area (TPSA) is 64.0 Å². The van der Waals surface area contributed by atoms with Gasteiger partial charge >= 0.3 is 0 Å². The smallest absolute Gasteiger partial charge is 0.230 e. The standard InChI is InChI=1S/C15H23N3O2/c1-6-9-10(7-12(19)16-14(9)20)11-8-18(5)17-13(11)15(2,3)4/h8-10H,6-7H2,1-5H3,(H,16,19,20). The van der Waals surface area contributed by atoms with E-state index in [4.69, 9.17) is 0 Å². The van der Waals surface area contributed by atoms with Crippen LogP contribution in [0.15, 0.2) is 6.20 Å². The molecule has 0 aliphatic carbocycles. The molecule has 1 aliphatic heterocycles. The number of carbonyl (C=O) groups excluding carboxylic acids is 2. The number of piperidine rings is 1. The zero-order chi connectivity index (χ0) is 15.1. The van der Waals surface area contributed by atoms with Gasteiger partial charge in [0.1, 0.15) is 0 Å². The zero-order valence-electron chi connectivity index (χ0n) is 12.9. The summed E-state index contributed by atoms with van der Waals surface area (Å²) in [5.74, 6) is -0.562. The lowest BCUT2D eigenvalue weighted by Gasteiger charge is -2.31. The third kappa shape index (κ3) is 2.62. The lowest BCUT2D eigenvalue weighted by atomic mass is 9.76. The van der Waals surface area contributed by atoms with Crippen LogP contribution in [0, 0.1) is 5.92 Å². The van der Waals surface area contributed by atoms with Gasteiger partial charge < -0.3 is 0 Å². The minimum Gasteiger partial charge on any atom is -0.296 e. The van der Waals surface area contributed by atoms with Crippen molar-refractivity contribution < 1.29 is 9.59 Å². The molecule has 2 amide bonds. The van der Waals surface area contributed by atoms with Crippen LogP contribution in [0.5, 0.6) is 0 Å². The number of amides is 2. The largest absolute Gasteiger partial charge is 0.296 e. The highest BCUT2D eigenvalue weighted by atomic mass is 16.2. The SMILES string of the molecule is CCC1C(=O)NC(=O)CC1c1cn(C)nc1C(C)(C)C. The highest BCUT2D eigenvalue weighted by Crippen LogP contribution is 2.38. The van der Waals surface area contributed by atoms with Crippen LogP contribution in [-0.2, 0) is 22.1 Å². The first kappa shape index (κ1) is 14.8. The molecule has 2 unspecified atom stereocenters. The van der Waals surface area contributed by atoms with E-state index in [1.807, 2.05) is 20.2 Å². The molecule has 0 aromatic carbocycles. The zero-order valence-corrected chi connectivity index (χ0v) is 12.9. The van der Waals surface area contributed by atoms with Crippen molar-refractivity contribution in [3.05, 3.63) is 17.5 Å². The van der Waals surface area contributed by atoms with Gasteiger partial charge in [0.05, 0.1) is 5.69 Å². The number of carbonyl (C=O) groups is 2. The predicted octanol–water partition coefficient (Wildman–Crippen LogP) is 1.87. The van der Waals surface area contributed by atoms with E-state index in [9.17, 15) is 9.59 Å². The maximum Gasteiger partial charge on any atom is 0.230 e. The molecule has 1 aromatic rings. The monoisotopic (exact) mass is 277 g/mol. The minimum atomic E-state index is -0.187. The molecule has 0 saturated carbocycles. The van der Waals surface area contributed by atoms with Gasteiger partial charge in [-0.25, -0.2) is 0 Å². The Morgan fingerprint density at radius 3 is 2.60 bits per heavy atom. The first-order valence-electron chi connectivity index (χ1n) is 7.11. The highest BCUT2D eigenvalue weighted by molar-refractivity contribution is 5.99. The van der Waals surface area contributed by atoms with Crippen LogP contribution in [0.3, 0.4) is 0 Å². The summed E-state index contributed by atoms with van der Waals surface area (Å²) in [5, 5.41) is 6.99. The van der Waals surface area contributed by atoms with Crippen molar-refractivity contribution >= 4 is 11.8 Å². The van der Waals surface area contributed by atoms with E-state index < -0.39 is 0 Å². The van der Waals surface area contributed by atoms with Gasteiger partial charge in [0, 0.05) is 36.9 Å². The second-order valence-corrected chi connectivity index (χ2v) is 6.59. The third-order valence-corrected chi connectivity index (χ3v) is 3.90. The second-order valence-electron chi connectivity index (χ2n) is 6.59. The average Bonchev–Trinajstić information content (AvgIpc) is 2.70. The number of nitrogens with one attached hydrogen (secondary N) is 1. The van der Waals surface area contributed by atoms with Gasteiger partial charge in [-0.15, -0.1) is 0 Å². The minimum absolute atomic E-state index is 0.0656. The van der Waals surface area contributed by atoms with Crippen LogP contribution < -0.4 is 5.32 Å². The van der Waals surface area contributed by atoms with Gasteiger partial charge in [-0.3, -0.25) is 19.6 Å². The van der Waals surface area contributed by atoms with Gasteiger partial charge in [0.25, 0.3) is 0 Å². The number of hydrogen-bond acceptors (Lipinski definition) is 3. The van der Waals surface area contributed by atoms with Crippen molar-refractivity contribution in [2.75, 3.05) is 0 Å². The van der Waals surface area contributed by atoms with Gasteiger partial charge in [0.2, 0.25) is 11.8 Å². The van der Waals surface area contributed by atoms with Crippen molar-refractivity contribution in [3.8, 4) is 0 Å². The Morgan fingerprint density at radius 1 is 1.40 bits per heavy atom. The van der Waals surface area contributed by atoms with Crippen LogP contribution in [0.1, 0.15) is 57.7 Å². The lowest BCUT2D eigenvalue weighted by molar-refractivity contribution is -0.137. The molecule has 2 heterocycles. The van der Waals surface area contributed by atoms with Crippen LogP contribution in [0.2, 0.25) is 0 Å². The Balaban J connectivity index is 2.48. The Hall–Kier alpha value is -1.65. The summed E-state index contributed by atoms with van der Waals surface area (Å²) in [6.45, 7) is 8.29. The normalized spacial score (nSPS) is 23.9. The fraction of sp³-hybridized carbons (Fsp3) is 0.667. The molecule has 1 saturated heterocycles. The number of rotatable bonds is 2. The number of aromatic nitrogens is 2. The third-order valence-electron chi connectivity index (χ3n) is 3.90. The molecule has 1 aliphatic rings. The molecular weight excluding hydrogens is 254 g/mol. The van der Waals surface area contributed by atoms with Crippen molar-refractivity contribution in [1.82, 2.24) is 15.1 Å². The quantitative estimate of drug-likeness (QED) is 0.839. The molecular formula is C15H23N3O2. The molecule has 1 aromatic heterocycles. The summed E-state index contributed by atoms with van der Waals surface area (Å²) in [6, 6.07) is 0. The van der Waals surface area contributed by atoms with E-state index in [0.29, 0.717) is 6.42 Å². The first-order chi connectivity index (χ1) is 9.24. The molecule has 2 rings (SSSR count). The number of nitrogens with zero attached hydrogens (tertiary/aromatic N) is 2. The number of hydrogen-bond donors (Lipinski definition) is 1. The van der Waals surface area contributed by atoms with Crippen molar-refractivity contribution in [2.24, 2.45) is 13.0 Å². The molecule has 0 spiro atoms. The van der Waals surface area contributed by atoms with E-state index in [1.54, 1.807) is 4.68 Å². The molecule has 20 heavy (non-hydrogen) atoms. The molecule has 0 radical (unpaired) electrons. The lowest BCUT2D eigenvalue weighted by Crippen LogP contribution is -2.44. The molecule has 5 nitrogen and oxygen atoms in total. The van der Waals surface area contributed by atoms with Crippen LogP contribution in [0.4, 0.5) is 0 Å². The summed E-state index contributed by atoms with van der Waals surface area (Å²) < 4.78 is 1.78. The van der Waals surface area contributed by atoms with Crippen LogP contribution in [-0.4, -0.2) is 21.6 Å². The molecule has 1 N–H and O–H groups in total. The van der Waals surface area contributed by atoms with Crippen molar-refractivity contribution in [2.45, 2.75) is 51.9 Å². The molecule has 2 atom stereocenters. The Labute approximate surface area is 119 Å². The molecule has 5 heteroatoms. The summed E-state index contributed by atoms with van der Waals surface area (Å²) in [7, 11) is 1.88. The average molecular weight is 277 g/mol. The Morgan fingerprint density at radius 2 is 2.05 bits per heavy atom. The van der Waals surface area contributed by atoms with Gasteiger partial charge in [-0.1, -0.05) is 27.7 Å².